The Morgan fingerprint density at radius 1 is 1.15 bits per heavy atom. The molecule has 20 heavy (non-hydrogen) atoms. The number of guanidine groups is 1. The molecule has 6 nitrogen and oxygen atoms in total. The van der Waals surface area contributed by atoms with Crippen molar-refractivity contribution >= 4 is 5.96 Å². The van der Waals surface area contributed by atoms with Crippen LogP contribution in [0.1, 0.15) is 18.9 Å². The average molecular weight is 281 g/mol. The quantitative estimate of drug-likeness (QED) is 0.585. The van der Waals surface area contributed by atoms with E-state index in [9.17, 15) is 0 Å². The van der Waals surface area contributed by atoms with Gasteiger partial charge in [-0.25, -0.2) is 4.99 Å². The fourth-order valence-corrected chi connectivity index (χ4v) is 1.71. The molecule has 1 aromatic rings. The summed E-state index contributed by atoms with van der Waals surface area (Å²) in [6, 6.07) is 3.72. The van der Waals surface area contributed by atoms with E-state index in [0.717, 1.165) is 18.5 Å². The van der Waals surface area contributed by atoms with Crippen molar-refractivity contribution in [2.24, 2.45) is 10.7 Å². The molecule has 0 aliphatic carbocycles. The van der Waals surface area contributed by atoms with Gasteiger partial charge in [-0.3, -0.25) is 0 Å². The maximum absolute atomic E-state index is 5.76. The second-order valence-electron chi connectivity index (χ2n) is 4.16. The Balaban J connectivity index is 2.90. The molecule has 112 valence electrons. The van der Waals surface area contributed by atoms with Crippen molar-refractivity contribution in [3.63, 3.8) is 0 Å². The van der Waals surface area contributed by atoms with Gasteiger partial charge in [-0.1, -0.05) is 6.92 Å². The Morgan fingerprint density at radius 3 is 2.20 bits per heavy atom. The summed E-state index contributed by atoms with van der Waals surface area (Å²) < 4.78 is 15.9. The van der Waals surface area contributed by atoms with Gasteiger partial charge in [0.2, 0.25) is 5.75 Å². The Morgan fingerprint density at radius 2 is 1.75 bits per heavy atom. The molecule has 0 heterocycles. The maximum Gasteiger partial charge on any atom is 0.203 e. The SMILES string of the molecule is CCCNC(N)=NCc1cc(OC)c(OC)c(OC)c1. The molecule has 3 N–H and O–H groups in total. The van der Waals surface area contributed by atoms with Crippen molar-refractivity contribution < 1.29 is 14.2 Å². The lowest BCUT2D eigenvalue weighted by atomic mass is 10.2. The Bertz CT molecular complexity index is 436. The molecule has 0 bridgehead atoms. The number of nitrogens with one attached hydrogen (secondary N) is 1. The molecular weight excluding hydrogens is 258 g/mol. The highest BCUT2D eigenvalue weighted by Crippen LogP contribution is 2.38. The summed E-state index contributed by atoms with van der Waals surface area (Å²) in [5, 5.41) is 3.02. The van der Waals surface area contributed by atoms with Crippen molar-refractivity contribution in [2.45, 2.75) is 19.9 Å². The average Bonchev–Trinajstić information content (AvgIpc) is 2.49. The Kier molecular flexibility index (Phi) is 6.49. The van der Waals surface area contributed by atoms with Gasteiger partial charge in [0, 0.05) is 6.54 Å². The van der Waals surface area contributed by atoms with E-state index in [1.165, 1.54) is 0 Å². The normalized spacial score (nSPS) is 11.1. The summed E-state index contributed by atoms with van der Waals surface area (Å²) in [7, 11) is 4.74. The molecule has 0 saturated carbocycles. The van der Waals surface area contributed by atoms with Gasteiger partial charge < -0.3 is 25.3 Å². The largest absolute Gasteiger partial charge is 0.493 e. The lowest BCUT2D eigenvalue weighted by molar-refractivity contribution is 0.324. The molecule has 0 spiro atoms. The van der Waals surface area contributed by atoms with E-state index in [0.29, 0.717) is 29.8 Å². The highest BCUT2D eigenvalue weighted by molar-refractivity contribution is 5.77. The first-order chi connectivity index (χ1) is 9.65. The van der Waals surface area contributed by atoms with Crippen molar-refractivity contribution in [3.05, 3.63) is 17.7 Å². The van der Waals surface area contributed by atoms with Crippen molar-refractivity contribution in [3.8, 4) is 17.2 Å². The van der Waals surface area contributed by atoms with Crippen LogP contribution in [0.4, 0.5) is 0 Å². The van der Waals surface area contributed by atoms with Gasteiger partial charge in [0.05, 0.1) is 27.9 Å². The first-order valence-corrected chi connectivity index (χ1v) is 6.48. The summed E-state index contributed by atoms with van der Waals surface area (Å²) in [5.74, 6) is 2.22. The minimum Gasteiger partial charge on any atom is -0.493 e. The fraction of sp³-hybridized carbons (Fsp3) is 0.500. The molecule has 0 aliphatic rings. The monoisotopic (exact) mass is 281 g/mol. The van der Waals surface area contributed by atoms with Crippen LogP contribution >= 0.6 is 0 Å². The Hall–Kier alpha value is -2.11. The number of aliphatic imine (C=N–C) groups is 1. The predicted molar refractivity (Wildman–Crippen MR) is 79.7 cm³/mol. The molecule has 6 heteroatoms. The fourth-order valence-electron chi connectivity index (χ4n) is 1.71. The van der Waals surface area contributed by atoms with Crippen LogP contribution < -0.4 is 25.3 Å². The summed E-state index contributed by atoms with van der Waals surface area (Å²) in [5.41, 5.74) is 6.69. The van der Waals surface area contributed by atoms with Gasteiger partial charge >= 0.3 is 0 Å². The van der Waals surface area contributed by atoms with E-state index in [1.54, 1.807) is 21.3 Å². The first kappa shape index (κ1) is 15.9. The molecule has 0 amide bonds. The zero-order valence-corrected chi connectivity index (χ0v) is 12.5. The van der Waals surface area contributed by atoms with E-state index < -0.39 is 0 Å². The molecular formula is C14H23N3O3. The lowest BCUT2D eigenvalue weighted by Gasteiger charge is -2.13. The van der Waals surface area contributed by atoms with Gasteiger partial charge in [-0.15, -0.1) is 0 Å². The first-order valence-electron chi connectivity index (χ1n) is 6.48. The summed E-state index contributed by atoms with van der Waals surface area (Å²) in [6.45, 7) is 3.32. The minimum atomic E-state index is 0.431. The number of methoxy groups -OCH3 is 3. The van der Waals surface area contributed by atoms with Crippen LogP contribution in [0.5, 0.6) is 17.2 Å². The van der Waals surface area contributed by atoms with Crippen LogP contribution in [0.25, 0.3) is 0 Å². The number of nitrogens with two attached hydrogens (primary N) is 1. The molecule has 0 fully saturated rings. The third kappa shape index (κ3) is 4.22. The molecule has 0 radical (unpaired) electrons. The van der Waals surface area contributed by atoms with E-state index in [2.05, 4.69) is 17.2 Å². The minimum absolute atomic E-state index is 0.431. The van der Waals surface area contributed by atoms with Crippen molar-refractivity contribution in [2.75, 3.05) is 27.9 Å². The summed E-state index contributed by atoms with van der Waals surface area (Å²) in [4.78, 5) is 4.27. The van der Waals surface area contributed by atoms with Gasteiger partial charge in [-0.05, 0) is 24.1 Å². The topological polar surface area (TPSA) is 78.1 Å². The standard InChI is InChI=1S/C14H23N3O3/c1-5-6-16-14(15)17-9-10-7-11(18-2)13(20-4)12(8-10)19-3/h7-8H,5-6,9H2,1-4H3,(H3,15,16,17). The number of rotatable bonds is 7. The van der Waals surface area contributed by atoms with Gasteiger partial charge in [0.15, 0.2) is 17.5 Å². The smallest absolute Gasteiger partial charge is 0.203 e. The third-order valence-electron chi connectivity index (χ3n) is 2.71. The third-order valence-corrected chi connectivity index (χ3v) is 2.71. The molecule has 0 atom stereocenters. The number of nitrogens with zero attached hydrogens (tertiary/aromatic N) is 1. The van der Waals surface area contributed by atoms with Crippen molar-refractivity contribution in [1.29, 1.82) is 0 Å². The van der Waals surface area contributed by atoms with Crippen LogP contribution in [0.3, 0.4) is 0 Å². The molecule has 0 aromatic heterocycles. The molecule has 0 saturated heterocycles. The van der Waals surface area contributed by atoms with E-state index in [-0.39, 0.29) is 0 Å². The van der Waals surface area contributed by atoms with E-state index in [4.69, 9.17) is 19.9 Å². The number of benzene rings is 1. The zero-order chi connectivity index (χ0) is 15.0. The molecule has 1 rings (SSSR count). The maximum atomic E-state index is 5.76. The van der Waals surface area contributed by atoms with Gasteiger partial charge in [0.1, 0.15) is 0 Å². The summed E-state index contributed by atoms with van der Waals surface area (Å²) in [6.07, 6.45) is 1.00. The Labute approximate surface area is 119 Å². The number of hydrogen-bond donors (Lipinski definition) is 2. The predicted octanol–water partition coefficient (Wildman–Crippen LogP) is 1.53. The lowest BCUT2D eigenvalue weighted by Crippen LogP contribution is -2.32. The van der Waals surface area contributed by atoms with Crippen molar-refractivity contribution in [1.82, 2.24) is 5.32 Å². The number of hydrogen-bond acceptors (Lipinski definition) is 4. The summed E-state index contributed by atoms with van der Waals surface area (Å²) >= 11 is 0. The van der Waals surface area contributed by atoms with Crippen LogP contribution in [0.2, 0.25) is 0 Å². The molecule has 0 aliphatic heterocycles. The van der Waals surface area contributed by atoms with Gasteiger partial charge in [0.25, 0.3) is 0 Å². The number of ether oxygens (including phenoxy) is 3. The highest BCUT2D eigenvalue weighted by Gasteiger charge is 2.12. The van der Waals surface area contributed by atoms with Crippen LogP contribution in [0, 0.1) is 0 Å². The van der Waals surface area contributed by atoms with E-state index in [1.807, 2.05) is 12.1 Å². The molecule has 0 unspecified atom stereocenters. The molecule has 1 aromatic carbocycles. The van der Waals surface area contributed by atoms with Crippen LogP contribution in [-0.4, -0.2) is 33.8 Å². The second kappa shape index (κ2) is 8.14. The van der Waals surface area contributed by atoms with Gasteiger partial charge in [-0.2, -0.15) is 0 Å². The van der Waals surface area contributed by atoms with Crippen LogP contribution in [0.15, 0.2) is 17.1 Å². The van der Waals surface area contributed by atoms with Crippen LogP contribution in [-0.2, 0) is 6.54 Å². The second-order valence-corrected chi connectivity index (χ2v) is 4.16. The highest BCUT2D eigenvalue weighted by atomic mass is 16.5. The van der Waals surface area contributed by atoms with E-state index >= 15 is 0 Å². The zero-order valence-electron chi connectivity index (χ0n) is 12.5.